The molecule has 0 aliphatic heterocycles. The van der Waals surface area contributed by atoms with Crippen molar-refractivity contribution in [3.05, 3.63) is 18.0 Å². The van der Waals surface area contributed by atoms with Gasteiger partial charge < -0.3 is 4.74 Å². The highest BCUT2D eigenvalue weighted by atomic mass is 16.5. The van der Waals surface area contributed by atoms with Crippen molar-refractivity contribution < 1.29 is 4.74 Å². The Hall–Kier alpha value is -1.58. The molecule has 0 spiro atoms. The zero-order chi connectivity index (χ0) is 8.55. The van der Waals surface area contributed by atoms with Crippen LogP contribution in [0.15, 0.2) is 12.3 Å². The number of aromatic amines is 1. The molecule has 4 heteroatoms. The molecule has 0 radical (unpaired) electrons. The van der Waals surface area contributed by atoms with Gasteiger partial charge in [0.05, 0.1) is 13.3 Å². The van der Waals surface area contributed by atoms with Gasteiger partial charge in [-0.15, -0.1) is 0 Å². The molecule has 0 aliphatic rings. The predicted octanol–water partition coefficient (Wildman–Crippen LogP) is 1.27. The van der Waals surface area contributed by atoms with Gasteiger partial charge in [0.2, 0.25) is 0 Å². The Bertz CT molecular complexity index is 408. The fourth-order valence-corrected chi connectivity index (χ4v) is 1.11. The summed E-state index contributed by atoms with van der Waals surface area (Å²) in [4.78, 5) is 4.11. The lowest BCUT2D eigenvalue weighted by atomic mass is 10.3. The first-order valence-corrected chi connectivity index (χ1v) is 3.66. The van der Waals surface area contributed by atoms with Gasteiger partial charge in [-0.25, -0.2) is 4.98 Å². The van der Waals surface area contributed by atoms with Crippen LogP contribution in [0.1, 0.15) is 5.69 Å². The molecule has 0 saturated carbocycles. The van der Waals surface area contributed by atoms with Gasteiger partial charge in [0.25, 0.3) is 0 Å². The zero-order valence-corrected chi connectivity index (χ0v) is 6.96. The van der Waals surface area contributed by atoms with Crippen molar-refractivity contribution >= 4 is 11.0 Å². The van der Waals surface area contributed by atoms with Gasteiger partial charge in [-0.05, 0) is 13.0 Å². The first-order valence-electron chi connectivity index (χ1n) is 3.66. The summed E-state index contributed by atoms with van der Waals surface area (Å²) in [7, 11) is 1.62. The lowest BCUT2D eigenvalue weighted by molar-refractivity contribution is 0.413. The summed E-state index contributed by atoms with van der Waals surface area (Å²) in [6, 6.07) is 1.92. The topological polar surface area (TPSA) is 50.8 Å². The van der Waals surface area contributed by atoms with E-state index in [1.807, 2.05) is 13.0 Å². The quantitative estimate of drug-likeness (QED) is 0.688. The van der Waals surface area contributed by atoms with Crippen LogP contribution in [-0.4, -0.2) is 22.3 Å². The van der Waals surface area contributed by atoms with E-state index >= 15 is 0 Å². The second-order valence-electron chi connectivity index (χ2n) is 2.59. The highest BCUT2D eigenvalue weighted by Gasteiger charge is 2.02. The number of aromatic nitrogens is 3. The Morgan fingerprint density at radius 1 is 1.50 bits per heavy atom. The molecule has 0 bridgehead atoms. The molecular weight excluding hydrogens is 154 g/mol. The van der Waals surface area contributed by atoms with Crippen molar-refractivity contribution in [1.82, 2.24) is 15.2 Å². The third-order valence-electron chi connectivity index (χ3n) is 1.81. The molecule has 0 aromatic carbocycles. The van der Waals surface area contributed by atoms with Crippen LogP contribution in [0.5, 0.6) is 5.75 Å². The largest absolute Gasteiger partial charge is 0.495 e. The number of nitrogens with zero attached hydrogens (tertiary/aromatic N) is 2. The second-order valence-corrected chi connectivity index (χ2v) is 2.59. The van der Waals surface area contributed by atoms with Gasteiger partial charge in [0.1, 0.15) is 5.75 Å². The summed E-state index contributed by atoms with van der Waals surface area (Å²) in [5.74, 6) is 0.756. The van der Waals surface area contributed by atoms with Crippen LogP contribution in [0.2, 0.25) is 0 Å². The normalized spacial score (nSPS) is 10.5. The maximum absolute atomic E-state index is 5.04. The summed E-state index contributed by atoms with van der Waals surface area (Å²) in [6.45, 7) is 1.95. The van der Waals surface area contributed by atoms with E-state index in [0.717, 1.165) is 22.5 Å². The molecule has 0 unspecified atom stereocenters. The minimum Gasteiger partial charge on any atom is -0.495 e. The van der Waals surface area contributed by atoms with E-state index < -0.39 is 0 Å². The van der Waals surface area contributed by atoms with Gasteiger partial charge in [0.15, 0.2) is 5.65 Å². The van der Waals surface area contributed by atoms with Crippen LogP contribution in [0.3, 0.4) is 0 Å². The number of methoxy groups -OCH3 is 1. The summed E-state index contributed by atoms with van der Waals surface area (Å²) >= 11 is 0. The summed E-state index contributed by atoms with van der Waals surface area (Å²) in [5.41, 5.74) is 1.74. The number of hydrogen-bond donors (Lipinski definition) is 1. The number of aryl methyl sites for hydroxylation is 1. The van der Waals surface area contributed by atoms with Crippen molar-refractivity contribution in [3.63, 3.8) is 0 Å². The van der Waals surface area contributed by atoms with Crippen LogP contribution < -0.4 is 4.74 Å². The number of H-pyrrole nitrogens is 1. The lowest BCUT2D eigenvalue weighted by Gasteiger charge is -1.96. The van der Waals surface area contributed by atoms with Gasteiger partial charge in [-0.1, -0.05) is 0 Å². The third kappa shape index (κ3) is 0.922. The first kappa shape index (κ1) is 7.09. The minimum atomic E-state index is 0.730. The Morgan fingerprint density at radius 3 is 3.08 bits per heavy atom. The molecule has 2 aromatic heterocycles. The van der Waals surface area contributed by atoms with Crippen molar-refractivity contribution in [2.45, 2.75) is 6.92 Å². The van der Waals surface area contributed by atoms with Gasteiger partial charge in [-0.3, -0.25) is 5.10 Å². The Kier molecular flexibility index (Phi) is 1.46. The molecule has 12 heavy (non-hydrogen) atoms. The maximum atomic E-state index is 5.04. The van der Waals surface area contributed by atoms with Crippen molar-refractivity contribution in [1.29, 1.82) is 0 Å². The van der Waals surface area contributed by atoms with Crippen molar-refractivity contribution in [2.24, 2.45) is 0 Å². The van der Waals surface area contributed by atoms with Gasteiger partial charge >= 0.3 is 0 Å². The maximum Gasteiger partial charge on any atom is 0.181 e. The number of pyridine rings is 1. The zero-order valence-electron chi connectivity index (χ0n) is 6.96. The molecular formula is C8H9N3O. The first-order chi connectivity index (χ1) is 5.81. The van der Waals surface area contributed by atoms with E-state index in [9.17, 15) is 0 Å². The molecule has 0 amide bonds. The molecule has 62 valence electrons. The lowest BCUT2D eigenvalue weighted by Crippen LogP contribution is -1.84. The number of hydrogen-bond acceptors (Lipinski definition) is 3. The number of fused-ring (bicyclic) bond motifs is 1. The standard InChI is InChI=1S/C8H9N3O/c1-5-7-3-6(12-2)4-9-8(7)11-10-5/h3-4H,1-2H3,(H,9,10,11). The monoisotopic (exact) mass is 163 g/mol. The van der Waals surface area contributed by atoms with Crippen LogP contribution >= 0.6 is 0 Å². The van der Waals surface area contributed by atoms with E-state index in [2.05, 4.69) is 15.2 Å². The molecule has 0 aliphatic carbocycles. The van der Waals surface area contributed by atoms with Gasteiger partial charge in [0, 0.05) is 11.1 Å². The number of rotatable bonds is 1. The van der Waals surface area contributed by atoms with Crippen LogP contribution in [0.25, 0.3) is 11.0 Å². The van der Waals surface area contributed by atoms with Crippen LogP contribution in [-0.2, 0) is 0 Å². The number of ether oxygens (including phenoxy) is 1. The van der Waals surface area contributed by atoms with E-state index in [0.29, 0.717) is 0 Å². The average Bonchev–Trinajstić information content (AvgIpc) is 2.47. The van der Waals surface area contributed by atoms with Crippen LogP contribution in [0, 0.1) is 6.92 Å². The third-order valence-corrected chi connectivity index (χ3v) is 1.81. The molecule has 1 N–H and O–H groups in total. The van der Waals surface area contributed by atoms with Crippen molar-refractivity contribution in [3.8, 4) is 5.75 Å². The molecule has 2 aromatic rings. The Labute approximate surface area is 69.6 Å². The summed E-state index contributed by atoms with van der Waals surface area (Å²) in [5, 5.41) is 7.87. The molecule has 4 nitrogen and oxygen atoms in total. The SMILES string of the molecule is COc1cnc2n[nH]c(C)c2c1. The smallest absolute Gasteiger partial charge is 0.181 e. The fourth-order valence-electron chi connectivity index (χ4n) is 1.11. The molecule has 0 atom stereocenters. The van der Waals surface area contributed by atoms with Crippen LogP contribution in [0.4, 0.5) is 0 Å². The highest BCUT2D eigenvalue weighted by molar-refractivity contribution is 5.78. The average molecular weight is 163 g/mol. The number of nitrogens with one attached hydrogen (secondary N) is 1. The fraction of sp³-hybridized carbons (Fsp3) is 0.250. The summed E-state index contributed by atoms with van der Waals surface area (Å²) in [6.07, 6.45) is 1.66. The molecule has 0 fully saturated rings. The van der Waals surface area contributed by atoms with E-state index in [1.54, 1.807) is 13.3 Å². The molecule has 2 rings (SSSR count). The molecule has 2 heterocycles. The Balaban J connectivity index is 2.71. The van der Waals surface area contributed by atoms with Crippen molar-refractivity contribution in [2.75, 3.05) is 7.11 Å². The predicted molar refractivity (Wildman–Crippen MR) is 45.2 cm³/mol. The highest BCUT2D eigenvalue weighted by Crippen LogP contribution is 2.18. The Morgan fingerprint density at radius 2 is 2.33 bits per heavy atom. The second kappa shape index (κ2) is 2.48. The summed E-state index contributed by atoms with van der Waals surface area (Å²) < 4.78 is 5.04. The van der Waals surface area contributed by atoms with E-state index in [4.69, 9.17) is 4.74 Å². The minimum absolute atomic E-state index is 0.730. The van der Waals surface area contributed by atoms with Gasteiger partial charge in [-0.2, -0.15) is 5.10 Å². The molecule has 0 saturated heterocycles. The van der Waals surface area contributed by atoms with E-state index in [-0.39, 0.29) is 0 Å². The van der Waals surface area contributed by atoms with E-state index in [1.165, 1.54) is 0 Å².